The predicted octanol–water partition coefficient (Wildman–Crippen LogP) is 3.32. The Labute approximate surface area is 134 Å². The molecule has 1 N–H and O–H groups in total. The average Bonchev–Trinajstić information content (AvgIpc) is 2.75. The number of hydrogen-bond donors (Lipinski definition) is 1. The molecule has 2 aromatic rings. The van der Waals surface area contributed by atoms with Crippen molar-refractivity contribution < 1.29 is 22.4 Å². The maximum Gasteiger partial charge on any atom is 0.436 e. The zero-order chi connectivity index (χ0) is 17.2. The van der Waals surface area contributed by atoms with Gasteiger partial charge in [-0.3, -0.25) is 9.48 Å². The number of hydrogen-bond acceptors (Lipinski definition) is 2. The standard InChI is InChI=1S/C14H12ClF4N3O/c1-8-12(15)13(14(17,18)19)21-22(8)7-11(23)20-6-9-2-4-10(16)5-3-9/h2-5H,6-7H2,1H3,(H,20,23). The predicted molar refractivity (Wildman–Crippen MR) is 75.2 cm³/mol. The minimum atomic E-state index is -4.68. The minimum absolute atomic E-state index is 0.0518. The number of halogens is 5. The number of carbonyl (C=O) groups excluding carboxylic acids is 1. The van der Waals surface area contributed by atoms with Crippen molar-refractivity contribution in [1.82, 2.24) is 15.1 Å². The molecule has 1 heterocycles. The maximum absolute atomic E-state index is 12.8. The fraction of sp³-hybridized carbons (Fsp3) is 0.286. The van der Waals surface area contributed by atoms with E-state index < -0.39 is 35.2 Å². The molecule has 124 valence electrons. The molecule has 1 aromatic carbocycles. The molecular weight excluding hydrogens is 338 g/mol. The van der Waals surface area contributed by atoms with Gasteiger partial charge >= 0.3 is 6.18 Å². The summed E-state index contributed by atoms with van der Waals surface area (Å²) in [6.07, 6.45) is -4.68. The van der Waals surface area contributed by atoms with Gasteiger partial charge in [-0.25, -0.2) is 4.39 Å². The van der Waals surface area contributed by atoms with Crippen molar-refractivity contribution in [1.29, 1.82) is 0 Å². The maximum atomic E-state index is 12.8. The Kier molecular flexibility index (Phi) is 4.93. The Balaban J connectivity index is 2.02. The Bertz CT molecular complexity index is 710. The first-order chi connectivity index (χ1) is 10.7. The van der Waals surface area contributed by atoms with Gasteiger partial charge in [-0.05, 0) is 24.6 Å². The van der Waals surface area contributed by atoms with Crippen molar-refractivity contribution in [3.05, 3.63) is 52.1 Å². The van der Waals surface area contributed by atoms with E-state index in [4.69, 9.17) is 11.6 Å². The third-order valence-corrected chi connectivity index (χ3v) is 3.55. The molecule has 0 aliphatic heterocycles. The molecule has 0 atom stereocenters. The van der Waals surface area contributed by atoms with Crippen LogP contribution in [0.5, 0.6) is 0 Å². The van der Waals surface area contributed by atoms with Crippen LogP contribution in [-0.4, -0.2) is 15.7 Å². The van der Waals surface area contributed by atoms with Crippen LogP contribution in [0.15, 0.2) is 24.3 Å². The first-order valence-corrected chi connectivity index (χ1v) is 6.87. The molecule has 0 saturated heterocycles. The second kappa shape index (κ2) is 6.57. The Hall–Kier alpha value is -2.09. The molecule has 0 bridgehead atoms. The molecule has 2 rings (SSSR count). The van der Waals surface area contributed by atoms with Gasteiger partial charge in [-0.2, -0.15) is 18.3 Å². The van der Waals surface area contributed by atoms with E-state index >= 15 is 0 Å². The summed E-state index contributed by atoms with van der Waals surface area (Å²) in [5, 5.41) is 5.33. The Morgan fingerprint density at radius 1 is 1.30 bits per heavy atom. The van der Waals surface area contributed by atoms with Crippen molar-refractivity contribution in [3.8, 4) is 0 Å². The average molecular weight is 350 g/mol. The summed E-state index contributed by atoms with van der Waals surface area (Å²) < 4.78 is 51.7. The van der Waals surface area contributed by atoms with Gasteiger partial charge < -0.3 is 5.32 Å². The molecule has 9 heteroatoms. The van der Waals surface area contributed by atoms with Crippen LogP contribution < -0.4 is 5.32 Å². The molecule has 0 saturated carbocycles. The molecule has 1 amide bonds. The van der Waals surface area contributed by atoms with Crippen LogP contribution in [0.1, 0.15) is 17.0 Å². The van der Waals surface area contributed by atoms with Crippen LogP contribution in [0.3, 0.4) is 0 Å². The molecule has 0 spiro atoms. The van der Waals surface area contributed by atoms with E-state index in [9.17, 15) is 22.4 Å². The first-order valence-electron chi connectivity index (χ1n) is 6.49. The normalized spacial score (nSPS) is 11.6. The highest BCUT2D eigenvalue weighted by Crippen LogP contribution is 2.35. The fourth-order valence-corrected chi connectivity index (χ4v) is 2.10. The molecule has 23 heavy (non-hydrogen) atoms. The number of alkyl halides is 3. The van der Waals surface area contributed by atoms with Gasteiger partial charge in [0, 0.05) is 6.54 Å². The van der Waals surface area contributed by atoms with Gasteiger partial charge in [0.15, 0.2) is 5.69 Å². The third kappa shape index (κ3) is 4.22. The van der Waals surface area contributed by atoms with Crippen LogP contribution in [0, 0.1) is 12.7 Å². The monoisotopic (exact) mass is 349 g/mol. The molecule has 0 aliphatic rings. The first kappa shape index (κ1) is 17.3. The Morgan fingerprint density at radius 3 is 2.43 bits per heavy atom. The van der Waals surface area contributed by atoms with Crippen LogP contribution in [0.25, 0.3) is 0 Å². The van der Waals surface area contributed by atoms with Gasteiger partial charge in [-0.15, -0.1) is 0 Å². The van der Waals surface area contributed by atoms with E-state index in [1.807, 2.05) is 0 Å². The van der Waals surface area contributed by atoms with Gasteiger partial charge in [-0.1, -0.05) is 23.7 Å². The van der Waals surface area contributed by atoms with Crippen molar-refractivity contribution in [2.24, 2.45) is 0 Å². The van der Waals surface area contributed by atoms with Gasteiger partial charge in [0.25, 0.3) is 0 Å². The smallest absolute Gasteiger partial charge is 0.350 e. The molecule has 0 radical (unpaired) electrons. The molecule has 0 unspecified atom stereocenters. The van der Waals surface area contributed by atoms with E-state index in [2.05, 4.69) is 10.4 Å². The highest BCUT2D eigenvalue weighted by molar-refractivity contribution is 6.32. The van der Waals surface area contributed by atoms with E-state index in [0.717, 1.165) is 4.68 Å². The van der Waals surface area contributed by atoms with E-state index in [1.165, 1.54) is 31.2 Å². The van der Waals surface area contributed by atoms with Crippen LogP contribution in [-0.2, 0) is 24.1 Å². The number of amides is 1. The summed E-state index contributed by atoms with van der Waals surface area (Å²) in [5.41, 5.74) is -0.509. The highest BCUT2D eigenvalue weighted by atomic mass is 35.5. The number of carbonyl (C=O) groups is 1. The summed E-state index contributed by atoms with van der Waals surface area (Å²) in [4.78, 5) is 11.8. The zero-order valence-corrected chi connectivity index (χ0v) is 12.7. The quantitative estimate of drug-likeness (QED) is 0.861. The molecule has 1 aromatic heterocycles. The van der Waals surface area contributed by atoms with Gasteiger partial charge in [0.05, 0.1) is 10.7 Å². The van der Waals surface area contributed by atoms with Gasteiger partial charge in [0.1, 0.15) is 12.4 Å². The van der Waals surface area contributed by atoms with Crippen molar-refractivity contribution in [2.75, 3.05) is 0 Å². The van der Waals surface area contributed by atoms with Crippen LogP contribution >= 0.6 is 11.6 Å². The second-order valence-electron chi connectivity index (χ2n) is 4.81. The highest BCUT2D eigenvalue weighted by Gasteiger charge is 2.38. The number of benzene rings is 1. The lowest BCUT2D eigenvalue weighted by atomic mass is 10.2. The number of nitrogens with zero attached hydrogens (tertiary/aromatic N) is 2. The summed E-state index contributed by atoms with van der Waals surface area (Å²) in [5.74, 6) is -0.938. The minimum Gasteiger partial charge on any atom is -0.350 e. The lowest BCUT2D eigenvalue weighted by Gasteiger charge is -2.07. The fourth-order valence-electron chi connectivity index (χ4n) is 1.85. The Morgan fingerprint density at radius 2 is 1.91 bits per heavy atom. The van der Waals surface area contributed by atoms with E-state index in [0.29, 0.717) is 5.56 Å². The van der Waals surface area contributed by atoms with Gasteiger partial charge in [0.2, 0.25) is 5.91 Å². The third-order valence-electron chi connectivity index (χ3n) is 3.10. The van der Waals surface area contributed by atoms with Crippen molar-refractivity contribution in [2.45, 2.75) is 26.2 Å². The lowest BCUT2D eigenvalue weighted by molar-refractivity contribution is -0.141. The van der Waals surface area contributed by atoms with Crippen LogP contribution in [0.4, 0.5) is 17.6 Å². The summed E-state index contributed by atoms with van der Waals surface area (Å²) in [7, 11) is 0. The number of nitrogens with one attached hydrogen (secondary N) is 1. The largest absolute Gasteiger partial charge is 0.436 e. The number of rotatable bonds is 4. The summed E-state index contributed by atoms with van der Waals surface area (Å²) in [6, 6.07) is 5.48. The SMILES string of the molecule is Cc1c(Cl)c(C(F)(F)F)nn1CC(=O)NCc1ccc(F)cc1. The van der Waals surface area contributed by atoms with Crippen molar-refractivity contribution >= 4 is 17.5 Å². The lowest BCUT2D eigenvalue weighted by Crippen LogP contribution is -2.28. The number of aromatic nitrogens is 2. The van der Waals surface area contributed by atoms with Crippen molar-refractivity contribution in [3.63, 3.8) is 0 Å². The van der Waals surface area contributed by atoms with E-state index in [1.54, 1.807) is 0 Å². The summed E-state index contributed by atoms with van der Waals surface area (Å²) >= 11 is 5.60. The molecule has 0 fully saturated rings. The molecule has 0 aliphatic carbocycles. The topological polar surface area (TPSA) is 46.9 Å². The second-order valence-corrected chi connectivity index (χ2v) is 5.18. The molecular formula is C14H12ClF4N3O. The molecule has 4 nitrogen and oxygen atoms in total. The van der Waals surface area contributed by atoms with E-state index in [-0.39, 0.29) is 12.2 Å². The summed E-state index contributed by atoms with van der Waals surface area (Å²) in [6.45, 7) is 1.07. The van der Waals surface area contributed by atoms with Crippen LogP contribution in [0.2, 0.25) is 5.02 Å². The zero-order valence-electron chi connectivity index (χ0n) is 11.9.